The lowest BCUT2D eigenvalue weighted by atomic mass is 10.4. The van der Waals surface area contributed by atoms with Crippen LogP contribution < -0.4 is 5.32 Å². The third-order valence-electron chi connectivity index (χ3n) is 1.81. The van der Waals surface area contributed by atoms with E-state index < -0.39 is 0 Å². The minimum absolute atomic E-state index is 1.06. The first-order chi connectivity index (χ1) is 5.29. The predicted molar refractivity (Wildman–Crippen MR) is 47.2 cm³/mol. The van der Waals surface area contributed by atoms with E-state index in [2.05, 4.69) is 10.4 Å². The Kier molecular flexibility index (Phi) is 1.56. The molecule has 4 heteroatoms. The van der Waals surface area contributed by atoms with E-state index in [0.717, 1.165) is 18.0 Å². The number of hydrogen-bond acceptors (Lipinski definition) is 3. The van der Waals surface area contributed by atoms with E-state index in [-0.39, 0.29) is 0 Å². The number of thioether (sulfide) groups is 1. The number of aromatic nitrogens is 2. The fourth-order valence-corrected chi connectivity index (χ4v) is 2.32. The van der Waals surface area contributed by atoms with Gasteiger partial charge in [-0.1, -0.05) is 0 Å². The van der Waals surface area contributed by atoms with Crippen LogP contribution in [-0.4, -0.2) is 22.1 Å². The topological polar surface area (TPSA) is 29.9 Å². The molecule has 11 heavy (non-hydrogen) atoms. The molecule has 1 aliphatic rings. The maximum absolute atomic E-state index is 4.33. The van der Waals surface area contributed by atoms with Crippen molar-refractivity contribution in [1.82, 2.24) is 9.78 Å². The number of hydrogen-bond donors (Lipinski definition) is 1. The smallest absolute Gasteiger partial charge is 0.117 e. The van der Waals surface area contributed by atoms with Crippen molar-refractivity contribution in [2.45, 2.75) is 11.9 Å². The van der Waals surface area contributed by atoms with Gasteiger partial charge in [-0.15, -0.1) is 11.8 Å². The molecule has 0 saturated heterocycles. The quantitative estimate of drug-likeness (QED) is 0.634. The molecule has 0 aromatic carbocycles. The Hall–Kier alpha value is -0.640. The number of nitrogens with one attached hydrogen (secondary N) is 1. The molecule has 1 aromatic rings. The molecule has 0 bridgehead atoms. The van der Waals surface area contributed by atoms with Crippen molar-refractivity contribution in [3.63, 3.8) is 0 Å². The molecule has 1 aromatic heterocycles. The summed E-state index contributed by atoms with van der Waals surface area (Å²) in [5.41, 5.74) is 2.33. The zero-order chi connectivity index (χ0) is 7.84. The second-order valence-corrected chi connectivity index (χ2v) is 3.75. The van der Waals surface area contributed by atoms with Crippen molar-refractivity contribution in [3.05, 3.63) is 5.69 Å². The van der Waals surface area contributed by atoms with Crippen molar-refractivity contribution in [2.24, 2.45) is 7.05 Å². The van der Waals surface area contributed by atoms with E-state index in [0.29, 0.717) is 0 Å². The average Bonchev–Trinajstić information content (AvgIpc) is 2.30. The van der Waals surface area contributed by atoms with Gasteiger partial charge in [0.1, 0.15) is 5.03 Å². The van der Waals surface area contributed by atoms with Crippen molar-refractivity contribution in [3.8, 4) is 0 Å². The minimum Gasteiger partial charge on any atom is -0.381 e. The highest BCUT2D eigenvalue weighted by atomic mass is 32.2. The van der Waals surface area contributed by atoms with Crippen molar-refractivity contribution in [1.29, 1.82) is 0 Å². The largest absolute Gasteiger partial charge is 0.381 e. The van der Waals surface area contributed by atoms with E-state index in [4.69, 9.17) is 0 Å². The highest BCUT2D eigenvalue weighted by Crippen LogP contribution is 2.32. The molecule has 3 nitrogen and oxygen atoms in total. The Labute approximate surface area is 70.2 Å². The van der Waals surface area contributed by atoms with E-state index in [1.54, 1.807) is 0 Å². The van der Waals surface area contributed by atoms with Crippen LogP contribution in [0.3, 0.4) is 0 Å². The molecule has 0 saturated carbocycles. The van der Waals surface area contributed by atoms with Crippen LogP contribution >= 0.6 is 11.8 Å². The molecule has 0 aliphatic carbocycles. The molecular weight excluding hydrogens is 158 g/mol. The Morgan fingerprint density at radius 3 is 3.18 bits per heavy atom. The Balaban J connectivity index is 2.52. The van der Waals surface area contributed by atoms with Crippen molar-refractivity contribution < 1.29 is 0 Å². The van der Waals surface area contributed by atoms with E-state index in [1.807, 2.05) is 30.4 Å². The lowest BCUT2D eigenvalue weighted by Gasteiger charge is -2.13. The summed E-state index contributed by atoms with van der Waals surface area (Å²) in [5.74, 6) is 1.14. The first-order valence-electron chi connectivity index (χ1n) is 3.69. The number of aryl methyl sites for hydroxylation is 2. The van der Waals surface area contributed by atoms with Gasteiger partial charge in [0, 0.05) is 19.3 Å². The maximum Gasteiger partial charge on any atom is 0.117 e. The average molecular weight is 169 g/mol. The summed E-state index contributed by atoms with van der Waals surface area (Å²) < 4.78 is 1.95. The first kappa shape index (κ1) is 7.03. The molecule has 2 heterocycles. The Morgan fingerprint density at radius 2 is 2.45 bits per heavy atom. The monoisotopic (exact) mass is 169 g/mol. The van der Waals surface area contributed by atoms with Crippen molar-refractivity contribution in [2.75, 3.05) is 17.6 Å². The molecular formula is C7H11N3S. The maximum atomic E-state index is 4.33. The van der Waals surface area contributed by atoms with Crippen LogP contribution in [0, 0.1) is 6.92 Å². The van der Waals surface area contributed by atoms with E-state index in [1.165, 1.54) is 10.7 Å². The van der Waals surface area contributed by atoms with Gasteiger partial charge in [-0.3, -0.25) is 4.68 Å². The lowest BCUT2D eigenvalue weighted by Crippen LogP contribution is -2.10. The number of fused-ring (bicyclic) bond motifs is 1. The Morgan fingerprint density at radius 1 is 1.64 bits per heavy atom. The van der Waals surface area contributed by atoms with Crippen LogP contribution in [0.4, 0.5) is 5.69 Å². The van der Waals surface area contributed by atoms with Crippen LogP contribution in [0.25, 0.3) is 0 Å². The number of anilines is 1. The summed E-state index contributed by atoms with van der Waals surface area (Å²) in [4.78, 5) is 0. The molecule has 60 valence electrons. The predicted octanol–water partition coefficient (Wildman–Crippen LogP) is 1.25. The molecule has 0 radical (unpaired) electrons. The van der Waals surface area contributed by atoms with Gasteiger partial charge in [-0.05, 0) is 6.92 Å². The lowest BCUT2D eigenvalue weighted by molar-refractivity contribution is 0.692. The van der Waals surface area contributed by atoms with Gasteiger partial charge in [-0.25, -0.2) is 0 Å². The number of nitrogens with zero attached hydrogens (tertiary/aromatic N) is 2. The second kappa shape index (κ2) is 2.44. The summed E-state index contributed by atoms with van der Waals surface area (Å²) in [6.45, 7) is 3.10. The van der Waals surface area contributed by atoms with Gasteiger partial charge in [0.15, 0.2) is 0 Å². The van der Waals surface area contributed by atoms with Gasteiger partial charge in [0.25, 0.3) is 0 Å². The molecule has 0 fully saturated rings. The molecule has 1 aliphatic heterocycles. The molecule has 0 unspecified atom stereocenters. The highest BCUT2D eigenvalue weighted by Gasteiger charge is 2.16. The molecule has 0 atom stereocenters. The van der Waals surface area contributed by atoms with Crippen LogP contribution in [0.2, 0.25) is 0 Å². The van der Waals surface area contributed by atoms with Crippen LogP contribution in [0.5, 0.6) is 0 Å². The van der Waals surface area contributed by atoms with Crippen molar-refractivity contribution >= 4 is 17.4 Å². The normalized spacial score (nSPS) is 15.8. The third-order valence-corrected chi connectivity index (χ3v) is 2.96. The third kappa shape index (κ3) is 1.01. The van der Waals surface area contributed by atoms with Crippen LogP contribution in [-0.2, 0) is 7.05 Å². The summed E-state index contributed by atoms with van der Waals surface area (Å²) in [6.07, 6.45) is 0. The van der Waals surface area contributed by atoms with Gasteiger partial charge < -0.3 is 5.32 Å². The number of rotatable bonds is 0. The standard InChI is InChI=1S/C7H11N3S/c1-5-6-7(10(2)9-5)11-4-3-8-6/h8H,3-4H2,1-2H3. The fourth-order valence-electron chi connectivity index (χ4n) is 1.33. The van der Waals surface area contributed by atoms with Crippen LogP contribution in [0.1, 0.15) is 5.69 Å². The fraction of sp³-hybridized carbons (Fsp3) is 0.571. The zero-order valence-corrected chi connectivity index (χ0v) is 7.53. The SMILES string of the molecule is Cc1nn(C)c2c1NCCS2. The van der Waals surface area contributed by atoms with Crippen LogP contribution in [0.15, 0.2) is 5.03 Å². The Bertz CT molecular complexity index is 253. The second-order valence-electron chi connectivity index (χ2n) is 2.66. The zero-order valence-electron chi connectivity index (χ0n) is 6.72. The summed E-state index contributed by atoms with van der Waals surface area (Å²) in [5, 5.41) is 8.95. The molecule has 0 spiro atoms. The van der Waals surface area contributed by atoms with Gasteiger partial charge in [-0.2, -0.15) is 5.10 Å². The first-order valence-corrected chi connectivity index (χ1v) is 4.68. The summed E-state index contributed by atoms with van der Waals surface area (Å²) in [6, 6.07) is 0. The summed E-state index contributed by atoms with van der Waals surface area (Å²) >= 11 is 1.87. The van der Waals surface area contributed by atoms with E-state index in [9.17, 15) is 0 Å². The minimum atomic E-state index is 1.06. The highest BCUT2D eigenvalue weighted by molar-refractivity contribution is 7.99. The summed E-state index contributed by atoms with van der Waals surface area (Å²) in [7, 11) is 1.99. The van der Waals surface area contributed by atoms with Gasteiger partial charge >= 0.3 is 0 Å². The molecule has 1 N–H and O–H groups in total. The molecule has 0 amide bonds. The van der Waals surface area contributed by atoms with Gasteiger partial charge in [0.2, 0.25) is 0 Å². The molecule has 2 rings (SSSR count). The van der Waals surface area contributed by atoms with E-state index >= 15 is 0 Å². The van der Waals surface area contributed by atoms with Gasteiger partial charge in [0.05, 0.1) is 11.4 Å².